The molecule has 1 aliphatic rings. The zero-order chi connectivity index (χ0) is 22.1. The summed E-state index contributed by atoms with van der Waals surface area (Å²) in [5.74, 6) is 1.11. The Balaban J connectivity index is 0.000000590. The van der Waals surface area contributed by atoms with Crippen molar-refractivity contribution < 1.29 is 18.0 Å². The highest BCUT2D eigenvalue weighted by Gasteiger charge is 2.31. The normalized spacial score (nSPS) is 13.7. The van der Waals surface area contributed by atoms with Crippen molar-refractivity contribution in [3.8, 4) is 11.5 Å². The molecule has 0 spiro atoms. The number of hydrogen-bond donors (Lipinski definition) is 2. The topological polar surface area (TPSA) is 101 Å². The van der Waals surface area contributed by atoms with Gasteiger partial charge in [0, 0.05) is 38.6 Å². The zero-order valence-corrected chi connectivity index (χ0v) is 16.7. The molecule has 4 rings (SSSR count). The number of pyridine rings is 1. The minimum Gasteiger partial charge on any atom is -0.372 e. The van der Waals surface area contributed by atoms with Crippen molar-refractivity contribution >= 4 is 17.9 Å². The minimum atomic E-state index is -4.42. The molecule has 8 nitrogen and oxygen atoms in total. The fraction of sp³-hybridized carbons (Fsp3) is 0.368. The summed E-state index contributed by atoms with van der Waals surface area (Å²) in [5, 5.41) is 3.27. The van der Waals surface area contributed by atoms with Crippen LogP contribution in [0.4, 0.5) is 19.0 Å². The van der Waals surface area contributed by atoms with Crippen molar-refractivity contribution in [2.45, 2.75) is 20.0 Å². The Morgan fingerprint density at radius 3 is 2.43 bits per heavy atom. The molecule has 11 heteroatoms. The van der Waals surface area contributed by atoms with E-state index in [1.807, 2.05) is 13.8 Å². The van der Waals surface area contributed by atoms with Crippen molar-refractivity contribution in [3.05, 3.63) is 42.4 Å². The van der Waals surface area contributed by atoms with E-state index in [0.29, 0.717) is 17.2 Å². The van der Waals surface area contributed by atoms with Gasteiger partial charge in [-0.15, -0.1) is 0 Å². The van der Waals surface area contributed by atoms with Crippen LogP contribution < -0.4 is 16.0 Å². The molecular formula is C19H24F3N7O. The molecule has 3 aromatic heterocycles. The Morgan fingerprint density at radius 1 is 1.13 bits per heavy atom. The van der Waals surface area contributed by atoms with E-state index >= 15 is 0 Å². The Hall–Kier alpha value is -3.21. The van der Waals surface area contributed by atoms with E-state index < -0.39 is 11.7 Å². The fourth-order valence-electron chi connectivity index (χ4n) is 2.86. The highest BCUT2D eigenvalue weighted by atomic mass is 19.4. The van der Waals surface area contributed by atoms with Gasteiger partial charge in [0.25, 0.3) is 0 Å². The number of amides is 1. The van der Waals surface area contributed by atoms with Crippen molar-refractivity contribution in [2.75, 3.05) is 31.1 Å². The van der Waals surface area contributed by atoms with E-state index in [1.54, 1.807) is 12.3 Å². The number of nitrogens with two attached hydrogens (primary N) is 1. The first kappa shape index (κ1) is 23.1. The molecule has 0 atom stereocenters. The lowest BCUT2D eigenvalue weighted by Crippen LogP contribution is -2.43. The van der Waals surface area contributed by atoms with Gasteiger partial charge in [0.05, 0.1) is 11.8 Å². The molecule has 4 heterocycles. The maximum absolute atomic E-state index is 13.0. The van der Waals surface area contributed by atoms with E-state index in [1.165, 1.54) is 16.7 Å². The molecule has 0 aromatic carbocycles. The molecule has 0 radical (unpaired) electrons. The third-order valence-corrected chi connectivity index (χ3v) is 4.14. The van der Waals surface area contributed by atoms with Gasteiger partial charge in [-0.2, -0.15) is 13.2 Å². The molecule has 0 unspecified atom stereocenters. The predicted molar refractivity (Wildman–Crippen MR) is 108 cm³/mol. The summed E-state index contributed by atoms with van der Waals surface area (Å²) in [7, 11) is 0. The van der Waals surface area contributed by atoms with Gasteiger partial charge in [-0.1, -0.05) is 13.8 Å². The van der Waals surface area contributed by atoms with Gasteiger partial charge in [-0.25, -0.2) is 15.0 Å². The second-order valence-electron chi connectivity index (χ2n) is 5.90. The van der Waals surface area contributed by atoms with Crippen LogP contribution in [0.5, 0.6) is 0 Å². The highest BCUT2D eigenvalue weighted by Crippen LogP contribution is 2.30. The highest BCUT2D eigenvalue weighted by molar-refractivity contribution is 5.59. The molecule has 0 bridgehead atoms. The maximum Gasteiger partial charge on any atom is 0.417 e. The van der Waals surface area contributed by atoms with Crippen molar-refractivity contribution in [2.24, 2.45) is 5.73 Å². The molecule has 1 saturated heterocycles. The van der Waals surface area contributed by atoms with Crippen LogP contribution in [0.1, 0.15) is 19.4 Å². The SMILES string of the molecule is CC.FC(F)(F)c1ccc2ncc(-c3nccc(N4CCNCC4)n3)n2c1.NC=O. The van der Waals surface area contributed by atoms with Gasteiger partial charge in [-0.05, 0) is 18.2 Å². The number of fused-ring (bicyclic) bond motifs is 1. The van der Waals surface area contributed by atoms with E-state index in [-0.39, 0.29) is 6.41 Å². The summed E-state index contributed by atoms with van der Waals surface area (Å²) >= 11 is 0. The van der Waals surface area contributed by atoms with Crippen molar-refractivity contribution in [3.63, 3.8) is 0 Å². The van der Waals surface area contributed by atoms with Gasteiger partial charge in [-0.3, -0.25) is 9.20 Å². The first-order valence-electron chi connectivity index (χ1n) is 9.43. The monoisotopic (exact) mass is 423 g/mol. The number of piperazine rings is 1. The van der Waals surface area contributed by atoms with Crippen molar-refractivity contribution in [1.82, 2.24) is 24.7 Å². The molecule has 162 valence electrons. The van der Waals surface area contributed by atoms with E-state index in [0.717, 1.165) is 44.3 Å². The lowest BCUT2D eigenvalue weighted by Gasteiger charge is -2.28. The largest absolute Gasteiger partial charge is 0.417 e. The quantitative estimate of drug-likeness (QED) is 0.614. The average molecular weight is 423 g/mol. The van der Waals surface area contributed by atoms with Crippen LogP contribution in [0.15, 0.2) is 36.8 Å². The summed E-state index contributed by atoms with van der Waals surface area (Å²) in [4.78, 5) is 23.6. The molecular weight excluding hydrogens is 399 g/mol. The van der Waals surface area contributed by atoms with Crippen LogP contribution in [0.3, 0.4) is 0 Å². The number of imidazole rings is 1. The molecule has 1 amide bonds. The number of anilines is 1. The Kier molecular flexibility index (Phi) is 8.10. The van der Waals surface area contributed by atoms with E-state index in [9.17, 15) is 13.2 Å². The number of alkyl halides is 3. The lowest BCUT2D eigenvalue weighted by atomic mass is 10.2. The van der Waals surface area contributed by atoms with Crippen molar-refractivity contribution in [1.29, 1.82) is 0 Å². The zero-order valence-electron chi connectivity index (χ0n) is 16.7. The second kappa shape index (κ2) is 10.5. The summed E-state index contributed by atoms with van der Waals surface area (Å²) in [6, 6.07) is 4.16. The van der Waals surface area contributed by atoms with Gasteiger partial charge in [0.1, 0.15) is 17.2 Å². The minimum absolute atomic E-state index is 0.250. The van der Waals surface area contributed by atoms with Gasteiger partial charge < -0.3 is 16.0 Å². The number of carbonyl (C=O) groups is 1. The molecule has 3 aromatic rings. The van der Waals surface area contributed by atoms with Crippen LogP contribution in [0.2, 0.25) is 0 Å². The number of carbonyl (C=O) groups excluding carboxylic acids is 1. The first-order chi connectivity index (χ1) is 14.4. The molecule has 1 aliphatic heterocycles. The Labute approximate surface area is 171 Å². The first-order valence-corrected chi connectivity index (χ1v) is 9.43. The molecule has 30 heavy (non-hydrogen) atoms. The number of rotatable bonds is 2. The van der Waals surface area contributed by atoms with Gasteiger partial charge in [0.15, 0.2) is 5.82 Å². The van der Waals surface area contributed by atoms with Crippen LogP contribution >= 0.6 is 0 Å². The van der Waals surface area contributed by atoms with Crippen LogP contribution in [-0.2, 0) is 11.0 Å². The van der Waals surface area contributed by atoms with Crippen LogP contribution in [0.25, 0.3) is 17.2 Å². The summed E-state index contributed by atoms with van der Waals surface area (Å²) < 4.78 is 40.3. The Bertz CT molecular complexity index is 953. The lowest BCUT2D eigenvalue weighted by molar-refractivity contribution is -0.137. The number of aromatic nitrogens is 4. The smallest absolute Gasteiger partial charge is 0.372 e. The Morgan fingerprint density at radius 2 is 1.80 bits per heavy atom. The van der Waals surface area contributed by atoms with Crippen LogP contribution in [-0.4, -0.2) is 51.9 Å². The van der Waals surface area contributed by atoms with Crippen LogP contribution in [0, 0.1) is 0 Å². The molecule has 3 N–H and O–H groups in total. The average Bonchev–Trinajstić information content (AvgIpc) is 3.19. The molecule has 0 aliphatic carbocycles. The van der Waals surface area contributed by atoms with Gasteiger partial charge in [0.2, 0.25) is 6.41 Å². The number of nitrogens with one attached hydrogen (secondary N) is 1. The fourth-order valence-corrected chi connectivity index (χ4v) is 2.86. The summed E-state index contributed by atoms with van der Waals surface area (Å²) in [5.41, 5.74) is 4.27. The number of hydrogen-bond acceptors (Lipinski definition) is 6. The molecule has 1 fully saturated rings. The second-order valence-corrected chi connectivity index (χ2v) is 5.90. The van der Waals surface area contributed by atoms with E-state index in [4.69, 9.17) is 4.79 Å². The number of halogens is 3. The maximum atomic E-state index is 13.0. The summed E-state index contributed by atoms with van der Waals surface area (Å²) in [6.45, 7) is 7.37. The van der Waals surface area contributed by atoms with Gasteiger partial charge >= 0.3 is 6.18 Å². The molecule has 0 saturated carbocycles. The summed E-state index contributed by atoms with van der Waals surface area (Å²) in [6.07, 6.45) is -0.0309. The third kappa shape index (κ3) is 5.44. The standard InChI is InChI=1S/C16H15F3N6.C2H6.CH3NO/c17-16(18,19)11-1-2-13-22-9-12(25(13)10-11)15-21-4-3-14(23-15)24-7-5-20-6-8-24;1-2;2-1-3/h1-4,9-10,20H,5-8H2;1-2H3;1H,(H2,2,3). The third-order valence-electron chi connectivity index (χ3n) is 4.14. The predicted octanol–water partition coefficient (Wildman–Crippen LogP) is 2.35. The van der Waals surface area contributed by atoms with E-state index in [2.05, 4.69) is 30.9 Å². The number of nitrogens with zero attached hydrogens (tertiary/aromatic N) is 5. The number of primary amides is 1.